The smallest absolute Gasteiger partial charge is 0.377 e. The van der Waals surface area contributed by atoms with Gasteiger partial charge in [-0.2, -0.15) is 8.78 Å². The molecule has 1 fully saturated rings. The van der Waals surface area contributed by atoms with E-state index in [1.54, 1.807) is 11.3 Å². The molecular weight excluding hydrogens is 272 g/mol. The van der Waals surface area contributed by atoms with E-state index in [-0.39, 0.29) is 6.54 Å². The summed E-state index contributed by atoms with van der Waals surface area (Å²) < 4.78 is 31.8. The van der Waals surface area contributed by atoms with E-state index < -0.39 is 24.4 Å². The van der Waals surface area contributed by atoms with Crippen LogP contribution in [0.5, 0.6) is 0 Å². The quantitative estimate of drug-likeness (QED) is 0.879. The molecule has 1 aliphatic rings. The summed E-state index contributed by atoms with van der Waals surface area (Å²) in [4.78, 5) is 10.9. The highest BCUT2D eigenvalue weighted by molar-refractivity contribution is 7.17. The molecule has 6 heteroatoms. The van der Waals surface area contributed by atoms with Crippen molar-refractivity contribution in [1.82, 2.24) is 0 Å². The van der Waals surface area contributed by atoms with Gasteiger partial charge in [0.15, 0.2) is 0 Å². The third-order valence-corrected chi connectivity index (χ3v) is 3.94. The number of hydrogen-bond donors (Lipinski definition) is 1. The van der Waals surface area contributed by atoms with Gasteiger partial charge in [-0.15, -0.1) is 11.3 Å². The van der Waals surface area contributed by atoms with Crippen molar-refractivity contribution in [1.29, 1.82) is 0 Å². The molecule has 0 radical (unpaired) electrons. The number of hydrogen-bond acceptors (Lipinski definition) is 4. The highest BCUT2D eigenvalue weighted by Gasteiger charge is 2.50. The van der Waals surface area contributed by atoms with Gasteiger partial charge in [-0.25, -0.2) is 4.79 Å². The van der Waals surface area contributed by atoms with E-state index in [1.165, 1.54) is 4.70 Å². The van der Waals surface area contributed by atoms with Crippen LogP contribution in [0.25, 0.3) is 10.1 Å². The van der Waals surface area contributed by atoms with Crippen LogP contribution in [0.3, 0.4) is 0 Å². The lowest BCUT2D eigenvalue weighted by Gasteiger charge is -2.11. The molecule has 3 nitrogen and oxygen atoms in total. The average Bonchev–Trinajstić information content (AvgIpc) is 2.91. The van der Waals surface area contributed by atoms with Crippen LogP contribution in [0, 0.1) is 0 Å². The maximum atomic E-state index is 13.0. The predicted molar refractivity (Wildman–Crippen MR) is 69.8 cm³/mol. The standard InChI is InChI=1S/C13H11F2NO2S/c14-13(15)6-10(18-12(13)17)7-16-9-1-2-11-8(5-9)3-4-19-11/h1-5,10,16H,6-7H2. The first kappa shape index (κ1) is 12.3. The number of rotatable bonds is 3. The molecular formula is C13H11F2NO2S. The first-order valence-corrected chi connectivity index (χ1v) is 6.73. The number of ether oxygens (including phenoxy) is 1. The Kier molecular flexibility index (Phi) is 2.89. The number of carbonyl (C=O) groups excluding carboxylic acids is 1. The summed E-state index contributed by atoms with van der Waals surface area (Å²) in [5, 5.41) is 6.12. The largest absolute Gasteiger partial charge is 0.456 e. The molecule has 0 saturated carbocycles. The maximum Gasteiger partial charge on any atom is 0.377 e. The molecule has 0 bridgehead atoms. The number of benzene rings is 1. The third-order valence-electron chi connectivity index (χ3n) is 3.04. The second kappa shape index (κ2) is 4.45. The topological polar surface area (TPSA) is 38.3 Å². The fourth-order valence-corrected chi connectivity index (χ4v) is 2.84. The summed E-state index contributed by atoms with van der Waals surface area (Å²) in [6.07, 6.45) is -1.33. The van der Waals surface area contributed by atoms with Gasteiger partial charge < -0.3 is 10.1 Å². The average molecular weight is 283 g/mol. The molecule has 0 spiro atoms. The minimum Gasteiger partial charge on any atom is -0.456 e. The number of anilines is 1. The van der Waals surface area contributed by atoms with Crippen molar-refractivity contribution in [3.8, 4) is 0 Å². The molecule has 1 aliphatic heterocycles. The van der Waals surface area contributed by atoms with Crippen molar-refractivity contribution in [2.24, 2.45) is 0 Å². The molecule has 1 saturated heterocycles. The summed E-state index contributed by atoms with van der Waals surface area (Å²) in [7, 11) is 0. The third kappa shape index (κ3) is 2.40. The minimum atomic E-state index is -3.34. The van der Waals surface area contributed by atoms with Gasteiger partial charge in [0.05, 0.1) is 13.0 Å². The number of nitrogens with one attached hydrogen (secondary N) is 1. The molecule has 1 N–H and O–H groups in total. The van der Waals surface area contributed by atoms with E-state index in [9.17, 15) is 13.6 Å². The Morgan fingerprint density at radius 2 is 2.26 bits per heavy atom. The molecule has 1 unspecified atom stereocenters. The molecule has 100 valence electrons. The number of fused-ring (bicyclic) bond motifs is 1. The van der Waals surface area contributed by atoms with Gasteiger partial charge in [0, 0.05) is 10.4 Å². The number of carbonyl (C=O) groups is 1. The first-order valence-electron chi connectivity index (χ1n) is 5.85. The van der Waals surface area contributed by atoms with Gasteiger partial charge in [-0.1, -0.05) is 0 Å². The fourth-order valence-electron chi connectivity index (χ4n) is 2.07. The molecule has 0 aliphatic carbocycles. The van der Waals surface area contributed by atoms with Crippen LogP contribution in [-0.2, 0) is 9.53 Å². The van der Waals surface area contributed by atoms with Crippen LogP contribution < -0.4 is 5.32 Å². The fraction of sp³-hybridized carbons (Fsp3) is 0.308. The monoisotopic (exact) mass is 283 g/mol. The van der Waals surface area contributed by atoms with Crippen LogP contribution >= 0.6 is 11.3 Å². The zero-order chi connectivity index (χ0) is 13.5. The van der Waals surface area contributed by atoms with Gasteiger partial charge in [-0.3, -0.25) is 0 Å². The molecule has 2 heterocycles. The van der Waals surface area contributed by atoms with Crippen LogP contribution in [0.15, 0.2) is 29.6 Å². The zero-order valence-corrected chi connectivity index (χ0v) is 10.7. The lowest BCUT2D eigenvalue weighted by atomic mass is 10.2. The van der Waals surface area contributed by atoms with E-state index in [1.807, 2.05) is 29.6 Å². The van der Waals surface area contributed by atoms with Crippen molar-refractivity contribution >= 4 is 33.1 Å². The summed E-state index contributed by atoms with van der Waals surface area (Å²) in [6.45, 7) is 0.191. The zero-order valence-electron chi connectivity index (χ0n) is 9.86. The molecule has 2 aromatic rings. The van der Waals surface area contributed by atoms with E-state index in [4.69, 9.17) is 0 Å². The van der Waals surface area contributed by atoms with Crippen molar-refractivity contribution in [3.63, 3.8) is 0 Å². The second-order valence-electron chi connectivity index (χ2n) is 4.49. The summed E-state index contributed by atoms with van der Waals surface area (Å²) >= 11 is 1.64. The van der Waals surface area contributed by atoms with Crippen LogP contribution in [0.1, 0.15) is 6.42 Å². The van der Waals surface area contributed by atoms with E-state index in [0.29, 0.717) is 0 Å². The van der Waals surface area contributed by atoms with Crippen LogP contribution in [0.2, 0.25) is 0 Å². The van der Waals surface area contributed by atoms with Gasteiger partial charge in [-0.05, 0) is 35.0 Å². The number of cyclic esters (lactones) is 1. The molecule has 3 rings (SSSR count). The number of alkyl halides is 2. The minimum absolute atomic E-state index is 0.191. The molecule has 1 aromatic heterocycles. The van der Waals surface area contributed by atoms with E-state index in [0.717, 1.165) is 11.1 Å². The molecule has 1 aromatic carbocycles. The summed E-state index contributed by atoms with van der Waals surface area (Å²) in [6, 6.07) is 7.79. The molecule has 19 heavy (non-hydrogen) atoms. The van der Waals surface area contributed by atoms with Crippen molar-refractivity contribution < 1.29 is 18.3 Å². The summed E-state index contributed by atoms with van der Waals surface area (Å²) in [5.41, 5.74) is 0.831. The van der Waals surface area contributed by atoms with Crippen molar-refractivity contribution in [2.45, 2.75) is 18.4 Å². The lowest BCUT2D eigenvalue weighted by Crippen LogP contribution is -2.22. The van der Waals surface area contributed by atoms with Gasteiger partial charge in [0.2, 0.25) is 0 Å². The van der Waals surface area contributed by atoms with E-state index >= 15 is 0 Å². The van der Waals surface area contributed by atoms with Crippen LogP contribution in [-0.4, -0.2) is 24.5 Å². The number of thiophene rings is 1. The van der Waals surface area contributed by atoms with Gasteiger partial charge in [0.25, 0.3) is 0 Å². The Bertz CT molecular complexity index is 626. The van der Waals surface area contributed by atoms with Crippen molar-refractivity contribution in [2.75, 3.05) is 11.9 Å². The normalized spacial score (nSPS) is 21.6. The Labute approximate surface area is 112 Å². The summed E-state index contributed by atoms with van der Waals surface area (Å²) in [5.74, 6) is -4.77. The van der Waals surface area contributed by atoms with Gasteiger partial charge in [0.1, 0.15) is 6.10 Å². The maximum absolute atomic E-state index is 13.0. The van der Waals surface area contributed by atoms with E-state index in [2.05, 4.69) is 10.1 Å². The Morgan fingerprint density at radius 1 is 1.42 bits per heavy atom. The Balaban J connectivity index is 1.65. The second-order valence-corrected chi connectivity index (χ2v) is 5.44. The Hall–Kier alpha value is -1.69. The van der Waals surface area contributed by atoms with Crippen molar-refractivity contribution in [3.05, 3.63) is 29.6 Å². The molecule has 1 atom stereocenters. The highest BCUT2D eigenvalue weighted by Crippen LogP contribution is 2.31. The Morgan fingerprint density at radius 3 is 3.00 bits per heavy atom. The van der Waals surface area contributed by atoms with Crippen LogP contribution in [0.4, 0.5) is 14.5 Å². The number of esters is 1. The SMILES string of the molecule is O=C1OC(CNc2ccc3sccc3c2)CC1(F)F. The molecule has 0 amide bonds. The predicted octanol–water partition coefficient (Wildman–Crippen LogP) is 3.26. The lowest BCUT2D eigenvalue weighted by molar-refractivity contribution is -0.158. The number of halogens is 2. The highest BCUT2D eigenvalue weighted by atomic mass is 32.1. The first-order chi connectivity index (χ1) is 9.04. The van der Waals surface area contributed by atoms with Gasteiger partial charge >= 0.3 is 11.9 Å².